The fourth-order valence-corrected chi connectivity index (χ4v) is 7.86. The van der Waals surface area contributed by atoms with Gasteiger partial charge in [0.2, 0.25) is 5.91 Å². The molecule has 0 saturated carbocycles. The first-order chi connectivity index (χ1) is 15.3. The second kappa shape index (κ2) is 9.56. The third-order valence-electron chi connectivity index (χ3n) is 5.64. The van der Waals surface area contributed by atoms with Crippen LogP contribution in [0.2, 0.25) is 0 Å². The van der Waals surface area contributed by atoms with Gasteiger partial charge in [0.05, 0.1) is 10.2 Å². The van der Waals surface area contributed by atoms with E-state index in [9.17, 15) is 13.2 Å². The number of thiazole rings is 1. The van der Waals surface area contributed by atoms with E-state index in [1.807, 2.05) is 39.2 Å². The largest absolute Gasteiger partial charge is 0.309 e. The van der Waals surface area contributed by atoms with Crippen LogP contribution in [0.4, 0.5) is 5.13 Å². The second-order valence-electron chi connectivity index (χ2n) is 8.27. The van der Waals surface area contributed by atoms with Crippen LogP contribution in [0.25, 0.3) is 10.2 Å². The third-order valence-corrected chi connectivity index (χ3v) is 9.97. The lowest BCUT2D eigenvalue weighted by molar-refractivity contribution is -0.121. The minimum atomic E-state index is -3.69. The van der Waals surface area contributed by atoms with Gasteiger partial charge in [-0.2, -0.15) is 4.31 Å². The molecule has 7 nitrogen and oxygen atoms in total. The number of hydrogen-bond acceptors (Lipinski definition) is 7. The SMILES string of the molecule is Cc1cccc2sc(N(CCCN(C)C)C(=O)C3CCCN3S(=O)(=O)c3cccs3)nc12. The Labute approximate surface area is 197 Å². The van der Waals surface area contributed by atoms with E-state index in [0.29, 0.717) is 31.1 Å². The maximum Gasteiger partial charge on any atom is 0.253 e. The lowest BCUT2D eigenvalue weighted by Crippen LogP contribution is -2.48. The monoisotopic (exact) mass is 492 g/mol. The first-order valence-electron chi connectivity index (χ1n) is 10.7. The summed E-state index contributed by atoms with van der Waals surface area (Å²) in [6.07, 6.45) is 1.97. The van der Waals surface area contributed by atoms with Crippen molar-refractivity contribution in [1.29, 1.82) is 0 Å². The fourth-order valence-electron chi connectivity index (χ4n) is 4.02. The Balaban J connectivity index is 1.66. The molecule has 0 bridgehead atoms. The van der Waals surface area contributed by atoms with E-state index < -0.39 is 16.1 Å². The van der Waals surface area contributed by atoms with Crippen LogP contribution in [0, 0.1) is 6.92 Å². The highest BCUT2D eigenvalue weighted by Crippen LogP contribution is 2.34. The summed E-state index contributed by atoms with van der Waals surface area (Å²) in [7, 11) is 0.308. The molecule has 3 heterocycles. The van der Waals surface area contributed by atoms with Crippen molar-refractivity contribution in [2.75, 3.05) is 38.6 Å². The number of nitrogens with zero attached hydrogens (tertiary/aromatic N) is 4. The van der Waals surface area contributed by atoms with Crippen molar-refractivity contribution in [2.45, 2.75) is 36.4 Å². The number of carbonyl (C=O) groups is 1. The summed E-state index contributed by atoms with van der Waals surface area (Å²) in [6.45, 7) is 3.70. The molecule has 172 valence electrons. The summed E-state index contributed by atoms with van der Waals surface area (Å²) >= 11 is 2.67. The maximum absolute atomic E-state index is 13.8. The molecule has 1 aliphatic heterocycles. The van der Waals surface area contributed by atoms with Gasteiger partial charge in [-0.1, -0.05) is 29.5 Å². The molecule has 1 aliphatic rings. The van der Waals surface area contributed by atoms with Crippen molar-refractivity contribution < 1.29 is 13.2 Å². The van der Waals surface area contributed by atoms with Crippen molar-refractivity contribution in [1.82, 2.24) is 14.2 Å². The number of para-hydroxylation sites is 1. The number of hydrogen-bond donors (Lipinski definition) is 0. The average molecular weight is 493 g/mol. The van der Waals surface area contributed by atoms with Crippen LogP contribution in [0.15, 0.2) is 39.9 Å². The second-order valence-corrected chi connectivity index (χ2v) is 12.3. The standard InChI is InChI=1S/C22H28N4O3S3/c1-16-8-4-10-18-20(16)23-22(31-18)25(13-7-12-24(2)3)21(27)17-9-5-14-26(17)32(28,29)19-11-6-15-30-19/h4,6,8,10-11,15,17H,5,7,9,12-14H2,1-3H3. The van der Waals surface area contributed by atoms with Gasteiger partial charge in [0.1, 0.15) is 10.3 Å². The Kier molecular flexibility index (Phi) is 6.97. The number of anilines is 1. The Morgan fingerprint density at radius 1 is 1.22 bits per heavy atom. The summed E-state index contributed by atoms with van der Waals surface area (Å²) in [4.78, 5) is 22.4. The van der Waals surface area contributed by atoms with Gasteiger partial charge in [-0.15, -0.1) is 11.3 Å². The predicted molar refractivity (Wildman–Crippen MR) is 131 cm³/mol. The Morgan fingerprint density at radius 3 is 2.72 bits per heavy atom. The maximum atomic E-state index is 13.8. The van der Waals surface area contributed by atoms with Gasteiger partial charge in [0.25, 0.3) is 10.0 Å². The van der Waals surface area contributed by atoms with Crippen LogP contribution in [-0.2, 0) is 14.8 Å². The summed E-state index contributed by atoms with van der Waals surface area (Å²) in [6, 6.07) is 8.64. The van der Waals surface area contributed by atoms with Gasteiger partial charge < -0.3 is 4.90 Å². The third kappa shape index (κ3) is 4.60. The van der Waals surface area contributed by atoms with Gasteiger partial charge in [0, 0.05) is 13.1 Å². The molecule has 1 saturated heterocycles. The van der Waals surface area contributed by atoms with Crippen LogP contribution in [0.1, 0.15) is 24.8 Å². The summed E-state index contributed by atoms with van der Waals surface area (Å²) in [5.74, 6) is -0.182. The fraction of sp³-hybridized carbons (Fsp3) is 0.455. The summed E-state index contributed by atoms with van der Waals surface area (Å²) in [5, 5.41) is 2.38. The highest BCUT2D eigenvalue weighted by atomic mass is 32.2. The van der Waals surface area contributed by atoms with Crippen molar-refractivity contribution in [3.63, 3.8) is 0 Å². The first kappa shape index (κ1) is 23.3. The van der Waals surface area contributed by atoms with E-state index in [0.717, 1.165) is 28.7 Å². The van der Waals surface area contributed by atoms with Gasteiger partial charge in [-0.05, 0) is 69.9 Å². The molecule has 1 atom stereocenters. The van der Waals surface area contributed by atoms with Gasteiger partial charge in [-0.3, -0.25) is 9.69 Å². The zero-order valence-electron chi connectivity index (χ0n) is 18.5. The van der Waals surface area contributed by atoms with E-state index in [1.54, 1.807) is 22.4 Å². The van der Waals surface area contributed by atoms with E-state index in [4.69, 9.17) is 4.98 Å². The van der Waals surface area contributed by atoms with Gasteiger partial charge in [-0.25, -0.2) is 13.4 Å². The number of carbonyl (C=O) groups excluding carboxylic acids is 1. The van der Waals surface area contributed by atoms with Gasteiger partial charge in [0.15, 0.2) is 5.13 Å². The molecule has 10 heteroatoms. The molecule has 4 rings (SSSR count). The number of aryl methyl sites for hydroxylation is 1. The molecule has 0 aliphatic carbocycles. The molecule has 0 spiro atoms. The number of amides is 1. The molecule has 1 fully saturated rings. The number of rotatable bonds is 8. The highest BCUT2D eigenvalue weighted by molar-refractivity contribution is 7.91. The zero-order valence-corrected chi connectivity index (χ0v) is 21.0. The quantitative estimate of drug-likeness (QED) is 0.478. The molecule has 1 amide bonds. The van der Waals surface area contributed by atoms with Crippen LogP contribution in [0.5, 0.6) is 0 Å². The molecule has 32 heavy (non-hydrogen) atoms. The zero-order chi connectivity index (χ0) is 22.9. The Morgan fingerprint density at radius 2 is 2.03 bits per heavy atom. The average Bonchev–Trinajstić information content (AvgIpc) is 3.51. The van der Waals surface area contributed by atoms with E-state index in [2.05, 4.69) is 4.90 Å². The molecule has 1 aromatic carbocycles. The highest BCUT2D eigenvalue weighted by Gasteiger charge is 2.42. The Bertz CT molecular complexity index is 1190. The van der Waals surface area contributed by atoms with Crippen LogP contribution < -0.4 is 4.90 Å². The molecule has 3 aromatic rings. The number of benzene rings is 1. The topological polar surface area (TPSA) is 73.8 Å². The van der Waals surface area contributed by atoms with Crippen molar-refractivity contribution in [3.05, 3.63) is 41.3 Å². The first-order valence-corrected chi connectivity index (χ1v) is 13.8. The van der Waals surface area contributed by atoms with E-state index >= 15 is 0 Å². The van der Waals surface area contributed by atoms with E-state index in [1.165, 1.54) is 27.0 Å². The minimum absolute atomic E-state index is 0.182. The summed E-state index contributed by atoms with van der Waals surface area (Å²) in [5.41, 5.74) is 1.96. The van der Waals surface area contributed by atoms with Crippen molar-refractivity contribution >= 4 is 54.0 Å². The smallest absolute Gasteiger partial charge is 0.253 e. The lowest BCUT2D eigenvalue weighted by Gasteiger charge is -2.28. The van der Waals surface area contributed by atoms with Gasteiger partial charge >= 0.3 is 0 Å². The van der Waals surface area contributed by atoms with E-state index in [-0.39, 0.29) is 10.1 Å². The molecule has 0 radical (unpaired) electrons. The normalized spacial score (nSPS) is 17.4. The molecule has 2 aromatic heterocycles. The van der Waals surface area contributed by atoms with Crippen LogP contribution in [0.3, 0.4) is 0 Å². The number of aromatic nitrogens is 1. The molecular weight excluding hydrogens is 464 g/mol. The van der Waals surface area contributed by atoms with Crippen LogP contribution in [-0.4, -0.2) is 68.3 Å². The van der Waals surface area contributed by atoms with Crippen LogP contribution >= 0.6 is 22.7 Å². The summed E-state index contributed by atoms with van der Waals surface area (Å²) < 4.78 is 29.1. The number of fused-ring (bicyclic) bond motifs is 1. The molecule has 0 N–H and O–H groups in total. The Hall–Kier alpha value is -1.85. The van der Waals surface area contributed by atoms with Crippen molar-refractivity contribution in [2.24, 2.45) is 0 Å². The number of sulfonamides is 1. The number of thiophene rings is 1. The molecule has 1 unspecified atom stereocenters. The molecular formula is C22H28N4O3S3. The lowest BCUT2D eigenvalue weighted by atomic mass is 10.2. The minimum Gasteiger partial charge on any atom is -0.309 e. The van der Waals surface area contributed by atoms with Crippen molar-refractivity contribution in [3.8, 4) is 0 Å². The predicted octanol–water partition coefficient (Wildman–Crippen LogP) is 3.80.